The lowest BCUT2D eigenvalue weighted by atomic mass is 10.1. The average molecular weight is 298 g/mol. The minimum Gasteiger partial charge on any atom is -0.374 e. The van der Waals surface area contributed by atoms with Crippen molar-refractivity contribution in [2.24, 2.45) is 0 Å². The van der Waals surface area contributed by atoms with Crippen LogP contribution in [-0.4, -0.2) is 39.5 Å². The number of nitrogens with one attached hydrogen (secondary N) is 1. The smallest absolute Gasteiger partial charge is 0.209 e. The summed E-state index contributed by atoms with van der Waals surface area (Å²) < 4.78 is 0. The molecule has 3 heterocycles. The third-order valence-electron chi connectivity index (χ3n) is 2.96. The lowest BCUT2D eigenvalue weighted by Gasteiger charge is -2.31. The molecule has 0 aliphatic carbocycles. The Kier molecular flexibility index (Phi) is 3.34. The Hall–Kier alpha value is -1.68. The minimum atomic E-state index is 0.397. The summed E-state index contributed by atoms with van der Waals surface area (Å²) in [5.41, 5.74) is 11.2. The van der Waals surface area contributed by atoms with E-state index in [4.69, 9.17) is 11.5 Å². The first-order valence-corrected chi connectivity index (χ1v) is 7.53. The second-order valence-corrected chi connectivity index (χ2v) is 6.27. The Balaban J connectivity index is 1.54. The van der Waals surface area contributed by atoms with Crippen molar-refractivity contribution in [3.63, 3.8) is 0 Å². The van der Waals surface area contributed by atoms with Crippen LogP contribution >= 0.6 is 22.7 Å². The van der Waals surface area contributed by atoms with E-state index in [0.717, 1.165) is 36.2 Å². The molecule has 0 aromatic carbocycles. The first-order valence-electron chi connectivity index (χ1n) is 5.90. The summed E-state index contributed by atoms with van der Waals surface area (Å²) in [5.74, 6) is 0. The average Bonchev–Trinajstić information content (AvgIpc) is 3.00. The van der Waals surface area contributed by atoms with Crippen molar-refractivity contribution in [3.05, 3.63) is 0 Å². The van der Waals surface area contributed by atoms with E-state index in [9.17, 15) is 0 Å². The van der Waals surface area contributed by atoms with Crippen LogP contribution in [0.5, 0.6) is 0 Å². The quantitative estimate of drug-likeness (QED) is 0.755. The predicted octanol–water partition coefficient (Wildman–Crippen LogP) is 0.635. The highest BCUT2D eigenvalue weighted by molar-refractivity contribution is 7.19. The second kappa shape index (κ2) is 5.13. The van der Waals surface area contributed by atoms with Gasteiger partial charge in [0.05, 0.1) is 0 Å². The fourth-order valence-corrected chi connectivity index (χ4v) is 3.29. The normalized spacial score (nSPS) is 16.7. The molecule has 2 aromatic heterocycles. The lowest BCUT2D eigenvalue weighted by molar-refractivity contribution is 0.524. The van der Waals surface area contributed by atoms with Gasteiger partial charge in [0.2, 0.25) is 20.5 Å². The Morgan fingerprint density at radius 3 is 2.26 bits per heavy atom. The third kappa shape index (κ3) is 2.84. The van der Waals surface area contributed by atoms with Crippen LogP contribution < -0.4 is 21.7 Å². The SMILES string of the molecule is Nc1nnc(NC2CCN(c3nnc(N)s3)CC2)s1. The van der Waals surface area contributed by atoms with Crippen molar-refractivity contribution in [1.29, 1.82) is 0 Å². The molecule has 0 unspecified atom stereocenters. The second-order valence-electron chi connectivity index (χ2n) is 4.27. The highest BCUT2D eigenvalue weighted by Gasteiger charge is 2.22. The van der Waals surface area contributed by atoms with E-state index < -0.39 is 0 Å². The van der Waals surface area contributed by atoms with E-state index in [0.29, 0.717) is 16.3 Å². The van der Waals surface area contributed by atoms with E-state index in [2.05, 4.69) is 30.6 Å². The van der Waals surface area contributed by atoms with Crippen molar-refractivity contribution in [1.82, 2.24) is 20.4 Å². The van der Waals surface area contributed by atoms with Crippen LogP contribution in [0.2, 0.25) is 0 Å². The molecule has 10 heteroatoms. The number of nitrogen functional groups attached to an aromatic ring is 2. The molecule has 19 heavy (non-hydrogen) atoms. The molecule has 8 nitrogen and oxygen atoms in total. The van der Waals surface area contributed by atoms with Gasteiger partial charge in [-0.3, -0.25) is 0 Å². The van der Waals surface area contributed by atoms with E-state index in [1.54, 1.807) is 0 Å². The number of aromatic nitrogens is 4. The summed E-state index contributed by atoms with van der Waals surface area (Å²) >= 11 is 2.80. The van der Waals surface area contributed by atoms with Gasteiger partial charge in [-0.05, 0) is 12.8 Å². The number of piperidine rings is 1. The van der Waals surface area contributed by atoms with Crippen molar-refractivity contribution in [2.45, 2.75) is 18.9 Å². The van der Waals surface area contributed by atoms with Gasteiger partial charge in [-0.2, -0.15) is 0 Å². The van der Waals surface area contributed by atoms with Crippen LogP contribution in [0.3, 0.4) is 0 Å². The summed E-state index contributed by atoms with van der Waals surface area (Å²) in [6.45, 7) is 1.86. The molecule has 3 rings (SSSR count). The summed E-state index contributed by atoms with van der Waals surface area (Å²) in [5, 5.41) is 21.7. The van der Waals surface area contributed by atoms with Crippen molar-refractivity contribution in [2.75, 3.05) is 34.8 Å². The van der Waals surface area contributed by atoms with Crippen molar-refractivity contribution in [3.8, 4) is 0 Å². The zero-order valence-corrected chi connectivity index (χ0v) is 11.7. The predicted molar refractivity (Wildman–Crippen MR) is 77.5 cm³/mol. The maximum absolute atomic E-state index is 5.60. The van der Waals surface area contributed by atoms with Crippen LogP contribution in [0.4, 0.5) is 20.5 Å². The maximum Gasteiger partial charge on any atom is 0.209 e. The molecule has 0 atom stereocenters. The third-order valence-corrected chi connectivity index (χ3v) is 4.46. The van der Waals surface area contributed by atoms with E-state index >= 15 is 0 Å². The van der Waals surface area contributed by atoms with Gasteiger partial charge in [-0.1, -0.05) is 22.7 Å². The van der Waals surface area contributed by atoms with Crippen molar-refractivity contribution < 1.29 is 0 Å². The fourth-order valence-electron chi connectivity index (χ4n) is 2.04. The highest BCUT2D eigenvalue weighted by Crippen LogP contribution is 2.26. The number of rotatable bonds is 3. The van der Waals surface area contributed by atoms with Crippen molar-refractivity contribution >= 4 is 43.2 Å². The molecule has 1 fully saturated rings. The topological polar surface area (TPSA) is 119 Å². The maximum atomic E-state index is 5.60. The standard InChI is InChI=1S/C9H14N8S2/c10-6-13-15-8(18-6)12-5-1-3-17(4-2-5)9-16-14-7(11)19-9/h5H,1-4H2,(H2,10,13)(H2,11,14)(H,12,15). The molecule has 102 valence electrons. The van der Waals surface area contributed by atoms with Gasteiger partial charge >= 0.3 is 0 Å². The first-order chi connectivity index (χ1) is 9.20. The van der Waals surface area contributed by atoms with Crippen LogP contribution in [0, 0.1) is 0 Å². The zero-order chi connectivity index (χ0) is 13.2. The first kappa shape index (κ1) is 12.4. The molecule has 5 N–H and O–H groups in total. The van der Waals surface area contributed by atoms with Gasteiger partial charge in [-0.15, -0.1) is 20.4 Å². The molecule has 1 aliphatic heterocycles. The van der Waals surface area contributed by atoms with Crippen LogP contribution in [0.25, 0.3) is 0 Å². The molecular formula is C9H14N8S2. The van der Waals surface area contributed by atoms with Crippen LogP contribution in [-0.2, 0) is 0 Å². The molecule has 2 aromatic rings. The number of anilines is 4. The van der Waals surface area contributed by atoms with Gasteiger partial charge in [0.25, 0.3) is 0 Å². The van der Waals surface area contributed by atoms with Gasteiger partial charge in [0, 0.05) is 19.1 Å². The molecule has 0 amide bonds. The molecule has 0 spiro atoms. The number of nitrogens with zero attached hydrogens (tertiary/aromatic N) is 5. The molecule has 0 saturated carbocycles. The molecule has 1 aliphatic rings. The van der Waals surface area contributed by atoms with Crippen LogP contribution in [0.1, 0.15) is 12.8 Å². The Bertz CT molecular complexity index is 544. The van der Waals surface area contributed by atoms with E-state index in [1.807, 2.05) is 0 Å². The van der Waals surface area contributed by atoms with Gasteiger partial charge in [0.1, 0.15) is 0 Å². The fraction of sp³-hybridized carbons (Fsp3) is 0.556. The lowest BCUT2D eigenvalue weighted by Crippen LogP contribution is -2.39. The number of hydrogen-bond acceptors (Lipinski definition) is 10. The van der Waals surface area contributed by atoms with Gasteiger partial charge < -0.3 is 21.7 Å². The van der Waals surface area contributed by atoms with Gasteiger partial charge in [-0.25, -0.2) is 0 Å². The zero-order valence-electron chi connectivity index (χ0n) is 10.1. The van der Waals surface area contributed by atoms with E-state index in [-0.39, 0.29) is 0 Å². The Labute approximate surface area is 117 Å². The van der Waals surface area contributed by atoms with Crippen LogP contribution in [0.15, 0.2) is 0 Å². The Morgan fingerprint density at radius 1 is 1.00 bits per heavy atom. The number of nitrogens with two attached hydrogens (primary N) is 2. The number of hydrogen-bond donors (Lipinski definition) is 3. The summed E-state index contributed by atoms with van der Waals surface area (Å²) in [4.78, 5) is 2.21. The summed E-state index contributed by atoms with van der Waals surface area (Å²) in [6.07, 6.45) is 2.03. The highest BCUT2D eigenvalue weighted by atomic mass is 32.1. The molecular weight excluding hydrogens is 284 g/mol. The Morgan fingerprint density at radius 2 is 1.68 bits per heavy atom. The monoisotopic (exact) mass is 298 g/mol. The molecule has 1 saturated heterocycles. The molecule has 0 bridgehead atoms. The summed E-state index contributed by atoms with van der Waals surface area (Å²) in [6, 6.07) is 0.397. The van der Waals surface area contributed by atoms with E-state index in [1.165, 1.54) is 22.7 Å². The largest absolute Gasteiger partial charge is 0.374 e. The minimum absolute atomic E-state index is 0.397. The molecule has 0 radical (unpaired) electrons. The van der Waals surface area contributed by atoms with Gasteiger partial charge in [0.15, 0.2) is 0 Å². The summed E-state index contributed by atoms with van der Waals surface area (Å²) in [7, 11) is 0.